The van der Waals surface area contributed by atoms with E-state index in [9.17, 15) is 9.59 Å². The molecule has 2 aromatic rings. The number of hydrogen-bond donors (Lipinski definition) is 1. The van der Waals surface area contributed by atoms with E-state index >= 15 is 0 Å². The number of hydrogen-bond acceptors (Lipinski definition) is 2. The Kier molecular flexibility index (Phi) is 4.65. The highest BCUT2D eigenvalue weighted by Gasteiger charge is 2.37. The predicted molar refractivity (Wildman–Crippen MR) is 93.2 cm³/mol. The molecule has 3 rings (SSSR count). The number of carbonyl (C=O) groups excluding carboxylic acids is 2. The summed E-state index contributed by atoms with van der Waals surface area (Å²) in [7, 11) is 0. The van der Waals surface area contributed by atoms with Gasteiger partial charge in [-0.15, -0.1) is 0 Å². The van der Waals surface area contributed by atoms with Crippen LogP contribution in [0.4, 0.5) is 0 Å². The standard InChI is InChI=1S/C20H22N2O2/c1-14(2)18(19(23)21-12-15-8-4-3-5-9-15)22-13-16-10-6-7-11-17(16)20(22)24/h3-11,14,18H,12-13H2,1-2H3,(H,21,23)/t18-/m1/s1. The number of nitrogens with one attached hydrogen (secondary N) is 1. The SMILES string of the molecule is CC(C)[C@H](C(=O)NCc1ccccc1)N1Cc2ccccc2C1=O. The summed E-state index contributed by atoms with van der Waals surface area (Å²) in [6.07, 6.45) is 0. The van der Waals surface area contributed by atoms with Gasteiger partial charge < -0.3 is 10.2 Å². The molecule has 0 bridgehead atoms. The summed E-state index contributed by atoms with van der Waals surface area (Å²) >= 11 is 0. The topological polar surface area (TPSA) is 49.4 Å². The third-order valence-electron chi connectivity index (χ3n) is 4.39. The molecule has 0 saturated carbocycles. The number of fused-ring (bicyclic) bond motifs is 1. The third kappa shape index (κ3) is 3.18. The molecular formula is C20H22N2O2. The second kappa shape index (κ2) is 6.87. The molecule has 2 amide bonds. The van der Waals surface area contributed by atoms with Crippen molar-refractivity contribution in [1.29, 1.82) is 0 Å². The van der Waals surface area contributed by atoms with Crippen LogP contribution in [0.5, 0.6) is 0 Å². The van der Waals surface area contributed by atoms with Crippen LogP contribution in [-0.4, -0.2) is 22.8 Å². The number of benzene rings is 2. The van der Waals surface area contributed by atoms with E-state index in [4.69, 9.17) is 0 Å². The highest BCUT2D eigenvalue weighted by Crippen LogP contribution is 2.27. The average Bonchev–Trinajstić information content (AvgIpc) is 2.91. The van der Waals surface area contributed by atoms with Gasteiger partial charge in [-0.2, -0.15) is 0 Å². The first-order chi connectivity index (χ1) is 11.6. The van der Waals surface area contributed by atoms with Gasteiger partial charge in [0.05, 0.1) is 0 Å². The van der Waals surface area contributed by atoms with Crippen molar-refractivity contribution in [3.05, 3.63) is 71.3 Å². The van der Waals surface area contributed by atoms with Crippen LogP contribution < -0.4 is 5.32 Å². The molecule has 124 valence electrons. The maximum atomic E-state index is 12.7. The summed E-state index contributed by atoms with van der Waals surface area (Å²) in [5, 5.41) is 2.97. The van der Waals surface area contributed by atoms with Crippen LogP contribution >= 0.6 is 0 Å². The van der Waals surface area contributed by atoms with Crippen LogP contribution in [0, 0.1) is 5.92 Å². The highest BCUT2D eigenvalue weighted by molar-refractivity contribution is 6.01. The minimum atomic E-state index is -0.464. The van der Waals surface area contributed by atoms with Crippen molar-refractivity contribution in [2.45, 2.75) is 33.0 Å². The van der Waals surface area contributed by atoms with Crippen molar-refractivity contribution in [2.24, 2.45) is 5.92 Å². The van der Waals surface area contributed by atoms with Gasteiger partial charge in [-0.05, 0) is 23.1 Å². The molecule has 1 atom stereocenters. The van der Waals surface area contributed by atoms with Crippen LogP contribution in [0.15, 0.2) is 54.6 Å². The van der Waals surface area contributed by atoms with Crippen molar-refractivity contribution in [2.75, 3.05) is 0 Å². The average molecular weight is 322 g/mol. The van der Waals surface area contributed by atoms with E-state index in [-0.39, 0.29) is 17.7 Å². The molecule has 0 unspecified atom stereocenters. The Labute approximate surface area is 142 Å². The van der Waals surface area contributed by atoms with Gasteiger partial charge in [0.1, 0.15) is 6.04 Å². The summed E-state index contributed by atoms with van der Waals surface area (Å²) < 4.78 is 0. The van der Waals surface area contributed by atoms with Crippen molar-refractivity contribution >= 4 is 11.8 Å². The molecule has 1 heterocycles. The van der Waals surface area contributed by atoms with Crippen LogP contribution in [-0.2, 0) is 17.9 Å². The maximum absolute atomic E-state index is 12.7. The Hall–Kier alpha value is -2.62. The van der Waals surface area contributed by atoms with Gasteiger partial charge >= 0.3 is 0 Å². The summed E-state index contributed by atoms with van der Waals surface area (Å²) in [4.78, 5) is 27.1. The Morgan fingerprint density at radius 3 is 2.42 bits per heavy atom. The van der Waals surface area contributed by atoms with E-state index in [0.29, 0.717) is 18.7 Å². The molecular weight excluding hydrogens is 300 g/mol. The second-order valence-corrected chi connectivity index (χ2v) is 6.48. The lowest BCUT2D eigenvalue weighted by atomic mass is 10.0. The highest BCUT2D eigenvalue weighted by atomic mass is 16.2. The smallest absolute Gasteiger partial charge is 0.255 e. The molecule has 0 aliphatic carbocycles. The van der Waals surface area contributed by atoms with Crippen LogP contribution in [0.1, 0.15) is 35.3 Å². The number of carbonyl (C=O) groups is 2. The molecule has 1 aliphatic heterocycles. The lowest BCUT2D eigenvalue weighted by Gasteiger charge is -2.30. The monoisotopic (exact) mass is 322 g/mol. The van der Waals surface area contributed by atoms with E-state index in [2.05, 4.69) is 5.32 Å². The lowest BCUT2D eigenvalue weighted by Crippen LogP contribution is -2.49. The Morgan fingerprint density at radius 1 is 1.08 bits per heavy atom. The fraction of sp³-hybridized carbons (Fsp3) is 0.300. The van der Waals surface area contributed by atoms with E-state index in [1.54, 1.807) is 4.90 Å². The van der Waals surface area contributed by atoms with Crippen LogP contribution in [0.25, 0.3) is 0 Å². The number of amides is 2. The van der Waals surface area contributed by atoms with Gasteiger partial charge in [0.15, 0.2) is 0 Å². The van der Waals surface area contributed by atoms with Crippen molar-refractivity contribution in [3.8, 4) is 0 Å². The molecule has 0 aromatic heterocycles. The van der Waals surface area contributed by atoms with E-state index in [0.717, 1.165) is 11.1 Å². The molecule has 4 heteroatoms. The largest absolute Gasteiger partial charge is 0.350 e. The summed E-state index contributed by atoms with van der Waals surface area (Å²) in [6.45, 7) is 4.92. The zero-order valence-electron chi connectivity index (χ0n) is 14.0. The molecule has 1 aliphatic rings. The summed E-state index contributed by atoms with van der Waals surface area (Å²) in [6, 6.07) is 16.9. The molecule has 2 aromatic carbocycles. The first-order valence-electron chi connectivity index (χ1n) is 8.28. The minimum Gasteiger partial charge on any atom is -0.350 e. The molecule has 0 saturated heterocycles. The van der Waals surface area contributed by atoms with Gasteiger partial charge in [0, 0.05) is 18.7 Å². The van der Waals surface area contributed by atoms with Crippen molar-refractivity contribution in [1.82, 2.24) is 10.2 Å². The van der Waals surface area contributed by atoms with Gasteiger partial charge in [-0.1, -0.05) is 62.4 Å². The van der Waals surface area contributed by atoms with Crippen LogP contribution in [0.2, 0.25) is 0 Å². The normalized spacial score (nSPS) is 14.6. The van der Waals surface area contributed by atoms with Gasteiger partial charge in [-0.3, -0.25) is 9.59 Å². The van der Waals surface area contributed by atoms with E-state index in [1.165, 1.54) is 0 Å². The van der Waals surface area contributed by atoms with Gasteiger partial charge in [-0.25, -0.2) is 0 Å². The number of rotatable bonds is 5. The number of nitrogens with zero attached hydrogens (tertiary/aromatic N) is 1. The Morgan fingerprint density at radius 2 is 1.75 bits per heavy atom. The Bertz CT molecular complexity index is 740. The summed E-state index contributed by atoms with van der Waals surface area (Å²) in [5.41, 5.74) is 2.74. The second-order valence-electron chi connectivity index (χ2n) is 6.48. The molecule has 24 heavy (non-hydrogen) atoms. The lowest BCUT2D eigenvalue weighted by molar-refractivity contribution is -0.127. The molecule has 1 N–H and O–H groups in total. The zero-order valence-corrected chi connectivity index (χ0v) is 14.0. The zero-order chi connectivity index (χ0) is 17.1. The molecule has 0 spiro atoms. The Balaban J connectivity index is 1.74. The summed E-state index contributed by atoms with van der Waals surface area (Å²) in [5.74, 6) is -0.117. The third-order valence-corrected chi connectivity index (χ3v) is 4.39. The van der Waals surface area contributed by atoms with E-state index < -0.39 is 6.04 Å². The predicted octanol–water partition coefficient (Wildman–Crippen LogP) is 2.98. The molecule has 4 nitrogen and oxygen atoms in total. The van der Waals surface area contributed by atoms with Gasteiger partial charge in [0.25, 0.3) is 5.91 Å². The molecule has 0 fully saturated rings. The van der Waals surface area contributed by atoms with Crippen molar-refractivity contribution in [3.63, 3.8) is 0 Å². The first kappa shape index (κ1) is 16.2. The maximum Gasteiger partial charge on any atom is 0.255 e. The minimum absolute atomic E-state index is 0.0408. The van der Waals surface area contributed by atoms with Gasteiger partial charge in [0.2, 0.25) is 5.91 Å². The fourth-order valence-electron chi connectivity index (χ4n) is 3.20. The van der Waals surface area contributed by atoms with Crippen LogP contribution in [0.3, 0.4) is 0 Å². The molecule has 0 radical (unpaired) electrons. The van der Waals surface area contributed by atoms with Crippen molar-refractivity contribution < 1.29 is 9.59 Å². The first-order valence-corrected chi connectivity index (χ1v) is 8.28. The van der Waals surface area contributed by atoms with E-state index in [1.807, 2.05) is 68.4 Å². The fourth-order valence-corrected chi connectivity index (χ4v) is 3.20. The quantitative estimate of drug-likeness (QED) is 0.920.